The Balaban J connectivity index is 2.11. The first-order chi connectivity index (χ1) is 8.15. The molecule has 1 unspecified atom stereocenters. The molecule has 1 atom stereocenters. The van der Waals surface area contributed by atoms with Crippen LogP contribution in [-0.2, 0) is 0 Å². The summed E-state index contributed by atoms with van der Waals surface area (Å²) in [6.45, 7) is 2.09. The van der Waals surface area contributed by atoms with Gasteiger partial charge < -0.3 is 5.32 Å². The van der Waals surface area contributed by atoms with Crippen LogP contribution in [0.25, 0.3) is 0 Å². The summed E-state index contributed by atoms with van der Waals surface area (Å²) in [4.78, 5) is 4.20. The van der Waals surface area contributed by atoms with Crippen LogP contribution < -0.4 is 5.32 Å². The number of hydrogen-bond donors (Lipinski definition) is 1. The fourth-order valence-corrected chi connectivity index (χ4v) is 1.97. The van der Waals surface area contributed by atoms with E-state index in [0.717, 1.165) is 10.3 Å². The number of benzene rings is 1. The lowest BCUT2D eigenvalue weighted by Gasteiger charge is -2.15. The molecule has 17 heavy (non-hydrogen) atoms. The minimum absolute atomic E-state index is 0.189. The molecule has 0 saturated heterocycles. The molecule has 2 aromatic rings. The van der Waals surface area contributed by atoms with Gasteiger partial charge in [-0.05, 0) is 36.8 Å². The van der Waals surface area contributed by atoms with Gasteiger partial charge in [-0.1, -0.05) is 45.7 Å². The molecule has 0 saturated carbocycles. The highest BCUT2D eigenvalue weighted by molar-refractivity contribution is 9.10. The van der Waals surface area contributed by atoms with E-state index in [1.165, 1.54) is 5.56 Å². The van der Waals surface area contributed by atoms with Gasteiger partial charge in [0.15, 0.2) is 0 Å². The van der Waals surface area contributed by atoms with Crippen molar-refractivity contribution in [1.82, 2.24) is 4.98 Å². The lowest BCUT2D eigenvalue weighted by Crippen LogP contribution is -2.07. The maximum Gasteiger partial charge on any atom is 0.131 e. The minimum Gasteiger partial charge on any atom is -0.364 e. The molecule has 0 radical (unpaired) electrons. The van der Waals surface area contributed by atoms with Gasteiger partial charge in [0.25, 0.3) is 0 Å². The van der Waals surface area contributed by atoms with Gasteiger partial charge in [-0.25, -0.2) is 4.98 Å². The lowest BCUT2D eigenvalue weighted by molar-refractivity contribution is 0.874. The molecule has 0 spiro atoms. The number of nitrogens with one attached hydrogen (secondary N) is 1. The molecule has 0 aliphatic heterocycles. The Morgan fingerprint density at radius 2 is 1.88 bits per heavy atom. The smallest absolute Gasteiger partial charge is 0.131 e. The quantitative estimate of drug-likeness (QED) is 0.833. The first-order valence-electron chi connectivity index (χ1n) is 5.30. The molecule has 0 aliphatic rings. The molecule has 0 amide bonds. The van der Waals surface area contributed by atoms with Crippen molar-refractivity contribution in [1.29, 1.82) is 0 Å². The molecule has 0 bridgehead atoms. The van der Waals surface area contributed by atoms with Crippen molar-refractivity contribution >= 4 is 33.3 Å². The maximum absolute atomic E-state index is 5.84. The summed E-state index contributed by atoms with van der Waals surface area (Å²) in [6.07, 6.45) is 0. The molecule has 1 aromatic carbocycles. The van der Waals surface area contributed by atoms with E-state index in [-0.39, 0.29) is 6.04 Å². The second-order valence-corrected chi connectivity index (χ2v) is 5.07. The van der Waals surface area contributed by atoms with Crippen LogP contribution in [0.1, 0.15) is 18.5 Å². The zero-order chi connectivity index (χ0) is 12.3. The van der Waals surface area contributed by atoms with E-state index < -0.39 is 0 Å². The number of halogens is 2. The molecule has 2 nitrogen and oxygen atoms in total. The van der Waals surface area contributed by atoms with Crippen LogP contribution in [-0.4, -0.2) is 4.98 Å². The van der Waals surface area contributed by atoms with Crippen LogP contribution in [0.15, 0.2) is 46.9 Å². The second-order valence-electron chi connectivity index (χ2n) is 3.76. The predicted octanol–water partition coefficient (Wildman–Crippen LogP) is 4.67. The van der Waals surface area contributed by atoms with Gasteiger partial charge in [0, 0.05) is 10.5 Å². The number of anilines is 1. The van der Waals surface area contributed by atoms with Crippen LogP contribution in [0.4, 0.5) is 5.82 Å². The predicted molar refractivity (Wildman–Crippen MR) is 75.4 cm³/mol. The monoisotopic (exact) mass is 310 g/mol. The van der Waals surface area contributed by atoms with Crippen LogP contribution in [0.3, 0.4) is 0 Å². The normalized spacial score (nSPS) is 12.2. The van der Waals surface area contributed by atoms with Crippen molar-refractivity contribution in [2.24, 2.45) is 0 Å². The zero-order valence-corrected chi connectivity index (χ0v) is 11.7. The number of pyridine rings is 1. The summed E-state index contributed by atoms with van der Waals surface area (Å²) in [5.41, 5.74) is 1.20. The SMILES string of the molecule is CC(Nc1cccc(Cl)n1)c1ccc(Br)cc1. The third kappa shape index (κ3) is 3.45. The third-order valence-corrected chi connectivity index (χ3v) is 3.19. The van der Waals surface area contributed by atoms with E-state index in [9.17, 15) is 0 Å². The summed E-state index contributed by atoms with van der Waals surface area (Å²) >= 11 is 9.26. The number of aromatic nitrogens is 1. The highest BCUT2D eigenvalue weighted by atomic mass is 79.9. The minimum atomic E-state index is 0.189. The molecule has 1 N–H and O–H groups in total. The van der Waals surface area contributed by atoms with E-state index in [2.05, 4.69) is 45.3 Å². The van der Waals surface area contributed by atoms with Crippen molar-refractivity contribution in [2.75, 3.05) is 5.32 Å². The topological polar surface area (TPSA) is 24.9 Å². The van der Waals surface area contributed by atoms with E-state index in [4.69, 9.17) is 11.6 Å². The van der Waals surface area contributed by atoms with E-state index in [0.29, 0.717) is 5.15 Å². The summed E-state index contributed by atoms with van der Waals surface area (Å²) in [6, 6.07) is 13.9. The van der Waals surface area contributed by atoms with Gasteiger partial charge >= 0.3 is 0 Å². The standard InChI is InChI=1S/C13H12BrClN2/c1-9(10-5-7-11(14)8-6-10)16-13-4-2-3-12(15)17-13/h2-9H,1H3,(H,16,17). The Morgan fingerprint density at radius 3 is 2.53 bits per heavy atom. The fraction of sp³-hybridized carbons (Fsp3) is 0.154. The van der Waals surface area contributed by atoms with Crippen LogP contribution in [0.2, 0.25) is 5.15 Å². The summed E-state index contributed by atoms with van der Waals surface area (Å²) in [7, 11) is 0. The second kappa shape index (κ2) is 5.52. The Kier molecular flexibility index (Phi) is 4.02. The summed E-state index contributed by atoms with van der Waals surface area (Å²) in [5.74, 6) is 0.785. The van der Waals surface area contributed by atoms with Crippen LogP contribution in [0.5, 0.6) is 0 Å². The zero-order valence-electron chi connectivity index (χ0n) is 9.32. The Hall–Kier alpha value is -1.06. The van der Waals surface area contributed by atoms with Crippen molar-refractivity contribution in [3.63, 3.8) is 0 Å². The average Bonchev–Trinajstić information content (AvgIpc) is 2.29. The number of nitrogens with zero attached hydrogens (tertiary/aromatic N) is 1. The number of rotatable bonds is 3. The molecular weight excluding hydrogens is 300 g/mol. The third-order valence-electron chi connectivity index (χ3n) is 2.45. The van der Waals surface area contributed by atoms with E-state index in [1.807, 2.05) is 24.3 Å². The van der Waals surface area contributed by atoms with E-state index in [1.54, 1.807) is 6.07 Å². The number of hydrogen-bond acceptors (Lipinski definition) is 2. The first kappa shape index (κ1) is 12.4. The van der Waals surface area contributed by atoms with Crippen LogP contribution >= 0.6 is 27.5 Å². The maximum atomic E-state index is 5.84. The molecule has 1 aromatic heterocycles. The molecule has 0 aliphatic carbocycles. The van der Waals surface area contributed by atoms with Crippen molar-refractivity contribution < 1.29 is 0 Å². The first-order valence-corrected chi connectivity index (χ1v) is 6.47. The molecular formula is C13H12BrClN2. The van der Waals surface area contributed by atoms with Gasteiger partial charge in [0.05, 0.1) is 0 Å². The summed E-state index contributed by atoms with van der Waals surface area (Å²) in [5, 5.41) is 3.81. The average molecular weight is 312 g/mol. The van der Waals surface area contributed by atoms with Gasteiger partial charge in [-0.2, -0.15) is 0 Å². The van der Waals surface area contributed by atoms with Gasteiger partial charge in [-0.3, -0.25) is 0 Å². The molecule has 2 rings (SSSR count). The Labute approximate surface area is 114 Å². The highest BCUT2D eigenvalue weighted by Gasteiger charge is 2.05. The summed E-state index contributed by atoms with van der Waals surface area (Å²) < 4.78 is 1.08. The lowest BCUT2D eigenvalue weighted by atomic mass is 10.1. The van der Waals surface area contributed by atoms with Crippen molar-refractivity contribution in [3.05, 3.63) is 57.7 Å². The van der Waals surface area contributed by atoms with Gasteiger partial charge in [0.2, 0.25) is 0 Å². The largest absolute Gasteiger partial charge is 0.364 e. The van der Waals surface area contributed by atoms with Crippen molar-refractivity contribution in [2.45, 2.75) is 13.0 Å². The van der Waals surface area contributed by atoms with Gasteiger partial charge in [-0.15, -0.1) is 0 Å². The molecule has 88 valence electrons. The molecule has 1 heterocycles. The van der Waals surface area contributed by atoms with Crippen LogP contribution in [0, 0.1) is 0 Å². The molecule has 0 fully saturated rings. The fourth-order valence-electron chi connectivity index (χ4n) is 1.55. The highest BCUT2D eigenvalue weighted by Crippen LogP contribution is 2.20. The Morgan fingerprint density at radius 1 is 1.18 bits per heavy atom. The Bertz CT molecular complexity index is 499. The van der Waals surface area contributed by atoms with Crippen molar-refractivity contribution in [3.8, 4) is 0 Å². The van der Waals surface area contributed by atoms with E-state index >= 15 is 0 Å². The van der Waals surface area contributed by atoms with Gasteiger partial charge in [0.1, 0.15) is 11.0 Å². The molecule has 4 heteroatoms.